The molecule has 0 heteroatoms. The van der Waals surface area contributed by atoms with E-state index in [2.05, 4.69) is 19.1 Å². The highest BCUT2D eigenvalue weighted by atomic mass is 14.4. The molecule has 0 spiro atoms. The van der Waals surface area contributed by atoms with Crippen LogP contribution in [-0.4, -0.2) is 0 Å². The van der Waals surface area contributed by atoms with E-state index in [0.29, 0.717) is 0 Å². The average molecular weight is 232 g/mol. The van der Waals surface area contributed by atoms with Crippen LogP contribution < -0.4 is 0 Å². The Morgan fingerprint density at radius 1 is 0.882 bits per heavy atom. The predicted octanol–water partition coefficient (Wildman–Crippen LogP) is 5.20. The first-order chi connectivity index (χ1) is 8.35. The van der Waals surface area contributed by atoms with Gasteiger partial charge in [0.1, 0.15) is 0 Å². The highest BCUT2D eigenvalue weighted by Gasteiger charge is 2.35. The first-order valence-corrected chi connectivity index (χ1v) is 8.03. The van der Waals surface area contributed by atoms with Crippen LogP contribution in [0.15, 0.2) is 12.2 Å². The number of hydrogen-bond donors (Lipinski definition) is 0. The summed E-state index contributed by atoms with van der Waals surface area (Å²) in [5, 5.41) is 0. The lowest BCUT2D eigenvalue weighted by atomic mass is 9.77. The molecule has 0 saturated heterocycles. The van der Waals surface area contributed by atoms with E-state index < -0.39 is 0 Å². The molecule has 3 unspecified atom stereocenters. The van der Waals surface area contributed by atoms with Gasteiger partial charge >= 0.3 is 0 Å². The van der Waals surface area contributed by atoms with E-state index in [0.717, 1.165) is 29.6 Å². The Bertz CT molecular complexity index is 270. The van der Waals surface area contributed by atoms with Gasteiger partial charge in [-0.25, -0.2) is 0 Å². The fourth-order valence-electron chi connectivity index (χ4n) is 4.60. The van der Waals surface area contributed by atoms with Crippen molar-refractivity contribution in [2.75, 3.05) is 0 Å². The van der Waals surface area contributed by atoms with Crippen molar-refractivity contribution in [2.45, 2.75) is 64.7 Å². The summed E-state index contributed by atoms with van der Waals surface area (Å²) in [4.78, 5) is 0. The molecule has 2 saturated carbocycles. The van der Waals surface area contributed by atoms with Gasteiger partial charge in [0.25, 0.3) is 0 Å². The Morgan fingerprint density at radius 3 is 2.24 bits per heavy atom. The topological polar surface area (TPSA) is 0 Å². The molecule has 0 N–H and O–H groups in total. The maximum atomic E-state index is 2.52. The molecule has 3 aliphatic rings. The summed E-state index contributed by atoms with van der Waals surface area (Å²) in [6.45, 7) is 2.37. The summed E-state index contributed by atoms with van der Waals surface area (Å²) >= 11 is 0. The van der Waals surface area contributed by atoms with Gasteiger partial charge in [-0.05, 0) is 48.9 Å². The maximum Gasteiger partial charge on any atom is -0.0199 e. The quantitative estimate of drug-likeness (QED) is 0.585. The first-order valence-electron chi connectivity index (χ1n) is 8.03. The van der Waals surface area contributed by atoms with Crippen molar-refractivity contribution in [2.24, 2.45) is 29.6 Å². The minimum Gasteiger partial charge on any atom is -0.0851 e. The normalized spacial score (nSPS) is 44.4. The second-order valence-electron chi connectivity index (χ2n) is 6.91. The van der Waals surface area contributed by atoms with E-state index in [1.165, 1.54) is 57.8 Å². The molecule has 0 aromatic heterocycles. The smallest absolute Gasteiger partial charge is 0.0199 e. The summed E-state index contributed by atoms with van der Waals surface area (Å²) < 4.78 is 0. The average Bonchev–Trinajstić information content (AvgIpc) is 2.99. The molecule has 96 valence electrons. The number of allylic oxidation sites excluding steroid dienone is 2. The molecular weight excluding hydrogens is 204 g/mol. The lowest BCUT2D eigenvalue weighted by Crippen LogP contribution is -2.16. The fourth-order valence-corrected chi connectivity index (χ4v) is 4.60. The van der Waals surface area contributed by atoms with Crippen LogP contribution in [0.5, 0.6) is 0 Å². The number of rotatable bonds is 4. The van der Waals surface area contributed by atoms with Gasteiger partial charge in [0.2, 0.25) is 0 Å². The van der Waals surface area contributed by atoms with Gasteiger partial charge in [0.05, 0.1) is 0 Å². The van der Waals surface area contributed by atoms with Crippen molar-refractivity contribution in [3.8, 4) is 0 Å². The van der Waals surface area contributed by atoms with Crippen molar-refractivity contribution in [1.29, 1.82) is 0 Å². The Labute approximate surface area is 107 Å². The van der Waals surface area contributed by atoms with E-state index in [-0.39, 0.29) is 0 Å². The Kier molecular flexibility index (Phi) is 3.59. The minimum atomic E-state index is 0.973. The zero-order valence-electron chi connectivity index (χ0n) is 11.4. The van der Waals surface area contributed by atoms with Crippen molar-refractivity contribution >= 4 is 0 Å². The van der Waals surface area contributed by atoms with Crippen molar-refractivity contribution in [3.63, 3.8) is 0 Å². The molecule has 0 aromatic rings. The maximum absolute atomic E-state index is 2.52. The van der Waals surface area contributed by atoms with Crippen LogP contribution in [-0.2, 0) is 0 Å². The molecule has 3 rings (SSSR count). The Hall–Kier alpha value is -0.260. The number of fused-ring (bicyclic) bond motifs is 2. The molecule has 2 bridgehead atoms. The number of hydrogen-bond acceptors (Lipinski definition) is 0. The summed E-state index contributed by atoms with van der Waals surface area (Å²) in [5.74, 6) is 5.17. The second kappa shape index (κ2) is 5.16. The third-order valence-electron chi connectivity index (χ3n) is 5.91. The molecule has 0 radical (unpaired) electrons. The zero-order chi connectivity index (χ0) is 11.7. The van der Waals surface area contributed by atoms with Crippen LogP contribution in [0.4, 0.5) is 0 Å². The van der Waals surface area contributed by atoms with E-state index in [9.17, 15) is 0 Å². The fraction of sp³-hybridized carbons (Fsp3) is 0.882. The van der Waals surface area contributed by atoms with Gasteiger partial charge < -0.3 is 0 Å². The molecule has 0 nitrogen and oxygen atoms in total. The monoisotopic (exact) mass is 232 g/mol. The third kappa shape index (κ3) is 2.61. The molecule has 0 aromatic carbocycles. The highest BCUT2D eigenvalue weighted by molar-refractivity contribution is 5.09. The summed E-state index contributed by atoms with van der Waals surface area (Å²) in [6, 6.07) is 0. The molecule has 0 heterocycles. The van der Waals surface area contributed by atoms with Gasteiger partial charge in [-0.15, -0.1) is 0 Å². The zero-order valence-corrected chi connectivity index (χ0v) is 11.4. The van der Waals surface area contributed by atoms with E-state index in [1.54, 1.807) is 0 Å². The van der Waals surface area contributed by atoms with E-state index >= 15 is 0 Å². The lowest BCUT2D eigenvalue weighted by molar-refractivity contribution is 0.239. The van der Waals surface area contributed by atoms with Gasteiger partial charge in [0, 0.05) is 0 Å². The molecule has 2 fully saturated rings. The lowest BCUT2D eigenvalue weighted by Gasteiger charge is -2.29. The van der Waals surface area contributed by atoms with Gasteiger partial charge in [-0.2, -0.15) is 0 Å². The molecule has 0 aliphatic heterocycles. The van der Waals surface area contributed by atoms with Crippen LogP contribution in [0.3, 0.4) is 0 Å². The molecular formula is C17H28. The summed E-state index contributed by atoms with van der Waals surface area (Å²) in [6.07, 6.45) is 18.6. The van der Waals surface area contributed by atoms with Crippen LogP contribution in [0.1, 0.15) is 64.7 Å². The molecule has 3 aliphatic carbocycles. The van der Waals surface area contributed by atoms with E-state index in [4.69, 9.17) is 0 Å². The largest absolute Gasteiger partial charge is 0.0851 e. The molecule has 0 amide bonds. The van der Waals surface area contributed by atoms with Crippen molar-refractivity contribution in [1.82, 2.24) is 0 Å². The predicted molar refractivity (Wildman–Crippen MR) is 73.8 cm³/mol. The van der Waals surface area contributed by atoms with Crippen LogP contribution in [0, 0.1) is 29.6 Å². The van der Waals surface area contributed by atoms with Crippen LogP contribution in [0.2, 0.25) is 0 Å². The Balaban J connectivity index is 1.39. The standard InChI is InChI=1S/C17H28/c1-2-13-3-5-14(6-4-13)7-9-16-11-15-8-10-17(16)12-15/h8,10,13-17H,2-7,9,11-12H2,1H3. The second-order valence-corrected chi connectivity index (χ2v) is 6.91. The van der Waals surface area contributed by atoms with Gasteiger partial charge in [-0.3, -0.25) is 0 Å². The van der Waals surface area contributed by atoms with Crippen molar-refractivity contribution in [3.05, 3.63) is 12.2 Å². The first kappa shape index (κ1) is 11.8. The Morgan fingerprint density at radius 2 is 1.65 bits per heavy atom. The SMILES string of the molecule is CCC1CCC(CCC2CC3C=CC2C3)CC1. The van der Waals surface area contributed by atoms with Crippen LogP contribution in [0.25, 0.3) is 0 Å². The molecule has 17 heavy (non-hydrogen) atoms. The summed E-state index contributed by atoms with van der Waals surface area (Å²) in [7, 11) is 0. The highest BCUT2D eigenvalue weighted by Crippen LogP contribution is 2.46. The van der Waals surface area contributed by atoms with E-state index in [1.807, 2.05) is 0 Å². The van der Waals surface area contributed by atoms with Crippen LogP contribution >= 0.6 is 0 Å². The minimum absolute atomic E-state index is 0.973. The van der Waals surface area contributed by atoms with Gasteiger partial charge in [-0.1, -0.05) is 57.6 Å². The van der Waals surface area contributed by atoms with Gasteiger partial charge in [0.15, 0.2) is 0 Å². The third-order valence-corrected chi connectivity index (χ3v) is 5.91. The van der Waals surface area contributed by atoms with Crippen molar-refractivity contribution < 1.29 is 0 Å². The molecule has 3 atom stereocenters. The summed E-state index contributed by atoms with van der Waals surface area (Å²) in [5.41, 5.74) is 0.